The quantitative estimate of drug-likeness (QED) is 0.223. The normalized spacial score (nSPS) is 16.9. The predicted octanol–water partition coefficient (Wildman–Crippen LogP) is 2.50. The molecule has 1 aromatic rings. The predicted molar refractivity (Wildman–Crippen MR) is 124 cm³/mol. The second kappa shape index (κ2) is 12.3. The number of halogens is 3. The summed E-state index contributed by atoms with van der Waals surface area (Å²) in [5, 5.41) is 6.82. The van der Waals surface area contributed by atoms with Crippen LogP contribution in [-0.4, -0.2) is 55.9 Å². The number of aliphatic imine (C=N–C) groups is 1. The second-order valence-corrected chi connectivity index (χ2v) is 7.30. The first kappa shape index (κ1) is 24.8. The number of amides is 2. The molecule has 28 heavy (non-hydrogen) atoms. The fourth-order valence-corrected chi connectivity index (χ4v) is 3.43. The third-order valence-corrected chi connectivity index (χ3v) is 5.13. The van der Waals surface area contributed by atoms with E-state index in [9.17, 15) is 9.59 Å². The van der Waals surface area contributed by atoms with Gasteiger partial charge in [-0.15, -0.1) is 24.0 Å². The van der Waals surface area contributed by atoms with Crippen LogP contribution in [0.1, 0.15) is 29.6 Å². The maximum absolute atomic E-state index is 12.1. The van der Waals surface area contributed by atoms with Gasteiger partial charge in [-0.3, -0.25) is 14.6 Å². The van der Waals surface area contributed by atoms with Crippen molar-refractivity contribution in [3.63, 3.8) is 0 Å². The van der Waals surface area contributed by atoms with Crippen molar-refractivity contribution in [2.45, 2.75) is 19.3 Å². The number of nitrogens with zero attached hydrogens (tertiary/aromatic N) is 2. The van der Waals surface area contributed by atoms with Crippen LogP contribution in [0.4, 0.5) is 0 Å². The third-order valence-electron chi connectivity index (χ3n) is 4.40. The molecule has 4 N–H and O–H groups in total. The largest absolute Gasteiger partial charge is 0.370 e. The minimum atomic E-state index is -0.269. The highest BCUT2D eigenvalue weighted by Crippen LogP contribution is 2.22. The van der Waals surface area contributed by atoms with Gasteiger partial charge >= 0.3 is 0 Å². The number of nitrogens with one attached hydrogen (secondary N) is 2. The van der Waals surface area contributed by atoms with Gasteiger partial charge in [0.15, 0.2) is 5.96 Å². The average molecular weight is 542 g/mol. The fraction of sp³-hybridized carbons (Fsp3) is 0.500. The van der Waals surface area contributed by atoms with E-state index >= 15 is 0 Å². The Morgan fingerprint density at radius 1 is 1.25 bits per heavy atom. The maximum atomic E-state index is 12.1. The second-order valence-electron chi connectivity index (χ2n) is 6.48. The number of benzene rings is 1. The van der Waals surface area contributed by atoms with E-state index in [0.29, 0.717) is 35.1 Å². The number of guanidine groups is 1. The van der Waals surface area contributed by atoms with Crippen LogP contribution in [0.5, 0.6) is 0 Å². The number of hydrogen-bond donors (Lipinski definition) is 3. The Morgan fingerprint density at radius 2 is 1.96 bits per heavy atom. The number of carbonyl (C=O) groups is 2. The molecule has 2 rings (SSSR count). The molecule has 1 aliphatic rings. The Bertz CT molecular complexity index is 717. The Kier molecular flexibility index (Phi) is 10.9. The summed E-state index contributed by atoms with van der Waals surface area (Å²) in [6, 6.07) is 4.76. The van der Waals surface area contributed by atoms with Crippen molar-refractivity contribution in [2.75, 3.05) is 33.2 Å². The van der Waals surface area contributed by atoms with Crippen LogP contribution in [0, 0.1) is 5.92 Å². The van der Waals surface area contributed by atoms with E-state index in [1.807, 2.05) is 0 Å². The molecule has 0 bridgehead atoms. The van der Waals surface area contributed by atoms with Gasteiger partial charge in [0.05, 0.1) is 10.0 Å². The molecule has 1 unspecified atom stereocenters. The van der Waals surface area contributed by atoms with E-state index in [1.165, 1.54) is 6.07 Å². The van der Waals surface area contributed by atoms with Crippen molar-refractivity contribution in [3.05, 3.63) is 33.8 Å². The lowest BCUT2D eigenvalue weighted by Gasteiger charge is -2.34. The summed E-state index contributed by atoms with van der Waals surface area (Å²) < 4.78 is 0. The number of primary amides is 1. The molecule has 2 amide bonds. The first-order chi connectivity index (χ1) is 12.9. The summed E-state index contributed by atoms with van der Waals surface area (Å²) in [7, 11) is 1.72. The van der Waals surface area contributed by atoms with E-state index in [0.717, 1.165) is 31.9 Å². The topological polar surface area (TPSA) is 99.8 Å². The summed E-state index contributed by atoms with van der Waals surface area (Å²) in [6.45, 7) is 2.58. The van der Waals surface area contributed by atoms with E-state index in [4.69, 9.17) is 28.9 Å². The van der Waals surface area contributed by atoms with Gasteiger partial charge in [-0.1, -0.05) is 23.2 Å². The molecule has 1 saturated heterocycles. The molecular weight excluding hydrogens is 516 g/mol. The number of rotatable bonds is 6. The molecule has 0 radical (unpaired) electrons. The van der Waals surface area contributed by atoms with Gasteiger partial charge in [0.25, 0.3) is 5.91 Å². The van der Waals surface area contributed by atoms with Crippen molar-refractivity contribution < 1.29 is 9.59 Å². The number of hydrogen-bond acceptors (Lipinski definition) is 3. The summed E-state index contributed by atoms with van der Waals surface area (Å²) in [5.41, 5.74) is 5.77. The molecule has 10 heteroatoms. The number of nitrogens with two attached hydrogens (primary N) is 1. The van der Waals surface area contributed by atoms with E-state index in [2.05, 4.69) is 20.5 Å². The zero-order valence-corrected chi connectivity index (χ0v) is 19.6. The van der Waals surface area contributed by atoms with Gasteiger partial charge < -0.3 is 21.3 Å². The third kappa shape index (κ3) is 7.63. The lowest BCUT2D eigenvalue weighted by Crippen LogP contribution is -2.48. The molecule has 0 spiro atoms. The maximum Gasteiger partial charge on any atom is 0.251 e. The summed E-state index contributed by atoms with van der Waals surface area (Å²) in [5.74, 6) is 0.525. The van der Waals surface area contributed by atoms with E-state index in [-0.39, 0.29) is 41.7 Å². The van der Waals surface area contributed by atoms with Crippen LogP contribution >= 0.6 is 47.2 Å². The highest BCUT2D eigenvalue weighted by atomic mass is 127. The Balaban J connectivity index is 0.00000392. The molecule has 7 nitrogen and oxygen atoms in total. The summed E-state index contributed by atoms with van der Waals surface area (Å²) in [4.78, 5) is 29.7. The van der Waals surface area contributed by atoms with Gasteiger partial charge in [-0.2, -0.15) is 0 Å². The first-order valence-corrected chi connectivity index (χ1v) is 9.63. The minimum Gasteiger partial charge on any atom is -0.370 e. The van der Waals surface area contributed by atoms with Crippen LogP contribution in [-0.2, 0) is 4.79 Å². The van der Waals surface area contributed by atoms with Crippen LogP contribution in [0.15, 0.2) is 23.2 Å². The van der Waals surface area contributed by atoms with E-state index in [1.54, 1.807) is 19.2 Å². The summed E-state index contributed by atoms with van der Waals surface area (Å²) in [6.07, 6.45) is 2.38. The molecule has 0 saturated carbocycles. The van der Waals surface area contributed by atoms with Crippen molar-refractivity contribution in [3.8, 4) is 0 Å². The Labute approximate surface area is 192 Å². The van der Waals surface area contributed by atoms with Crippen molar-refractivity contribution >= 4 is 65.0 Å². The van der Waals surface area contributed by atoms with E-state index < -0.39 is 0 Å². The van der Waals surface area contributed by atoms with Crippen LogP contribution < -0.4 is 16.4 Å². The average Bonchev–Trinajstić information content (AvgIpc) is 2.63. The van der Waals surface area contributed by atoms with Crippen LogP contribution in [0.3, 0.4) is 0 Å². The van der Waals surface area contributed by atoms with Crippen LogP contribution in [0.25, 0.3) is 0 Å². The number of likely N-dealkylation sites (tertiary alicyclic amines) is 1. The highest BCUT2D eigenvalue weighted by Gasteiger charge is 2.23. The van der Waals surface area contributed by atoms with Crippen molar-refractivity contribution in [1.29, 1.82) is 0 Å². The SMILES string of the molecule is CN=C(NCCNC(=O)c1ccc(Cl)c(Cl)c1)N1CCCC(CC(N)=O)C1.I. The smallest absolute Gasteiger partial charge is 0.251 e. The van der Waals surface area contributed by atoms with Gasteiger partial charge in [0.2, 0.25) is 5.91 Å². The highest BCUT2D eigenvalue weighted by molar-refractivity contribution is 14.0. The molecule has 1 aliphatic heterocycles. The standard InChI is InChI=1S/C18H25Cl2N5O2.HI/c1-22-18(25-8-2-3-12(11-25)9-16(21)26)24-7-6-23-17(27)13-4-5-14(19)15(20)10-13;/h4-5,10,12H,2-3,6-9,11H2,1H3,(H2,21,26)(H,22,24)(H,23,27);1H. The first-order valence-electron chi connectivity index (χ1n) is 8.88. The monoisotopic (exact) mass is 541 g/mol. The van der Waals surface area contributed by atoms with Gasteiger partial charge in [-0.05, 0) is 37.0 Å². The molecule has 1 aromatic carbocycles. The molecule has 1 fully saturated rings. The number of carbonyl (C=O) groups excluding carboxylic acids is 2. The van der Waals surface area contributed by atoms with Gasteiger partial charge in [0.1, 0.15) is 0 Å². The number of piperidine rings is 1. The minimum absolute atomic E-state index is 0. The zero-order chi connectivity index (χ0) is 19.8. The lowest BCUT2D eigenvalue weighted by atomic mass is 9.95. The molecular formula is C18H26Cl2IN5O2. The van der Waals surface area contributed by atoms with Crippen molar-refractivity contribution in [2.24, 2.45) is 16.6 Å². The Morgan fingerprint density at radius 3 is 2.61 bits per heavy atom. The molecule has 0 aliphatic carbocycles. The Hall–Kier alpha value is -1.26. The molecule has 1 heterocycles. The summed E-state index contributed by atoms with van der Waals surface area (Å²) >= 11 is 11.8. The fourth-order valence-electron chi connectivity index (χ4n) is 3.13. The van der Waals surface area contributed by atoms with Gasteiger partial charge in [0, 0.05) is 45.2 Å². The van der Waals surface area contributed by atoms with Crippen molar-refractivity contribution in [1.82, 2.24) is 15.5 Å². The lowest BCUT2D eigenvalue weighted by molar-refractivity contribution is -0.119. The molecule has 156 valence electrons. The molecule has 0 aromatic heterocycles. The van der Waals surface area contributed by atoms with Crippen LogP contribution in [0.2, 0.25) is 10.0 Å². The zero-order valence-electron chi connectivity index (χ0n) is 15.7. The molecule has 1 atom stereocenters. The van der Waals surface area contributed by atoms with Gasteiger partial charge in [-0.25, -0.2) is 0 Å².